The van der Waals surface area contributed by atoms with Crippen molar-refractivity contribution in [2.24, 2.45) is 0 Å². The first kappa shape index (κ1) is 14.5. The Morgan fingerprint density at radius 2 is 1.86 bits per heavy atom. The number of hydrogen-bond acceptors (Lipinski definition) is 4. The summed E-state index contributed by atoms with van der Waals surface area (Å²) in [5.74, 6) is 1.17. The van der Waals surface area contributed by atoms with E-state index in [2.05, 4.69) is 0 Å². The molecule has 0 saturated carbocycles. The van der Waals surface area contributed by atoms with Gasteiger partial charge in [-0.05, 0) is 43.0 Å². The van der Waals surface area contributed by atoms with Gasteiger partial charge in [-0.25, -0.2) is 0 Å². The molecule has 1 aromatic carbocycles. The summed E-state index contributed by atoms with van der Waals surface area (Å²) in [6.07, 6.45) is 4.79. The van der Waals surface area contributed by atoms with Gasteiger partial charge in [0.2, 0.25) is 0 Å². The summed E-state index contributed by atoms with van der Waals surface area (Å²) in [6.45, 7) is 2.52. The maximum Gasteiger partial charge on any atom is 0.264 e. The maximum absolute atomic E-state index is 12.4. The minimum Gasteiger partial charge on any atom is -0.486 e. The summed E-state index contributed by atoms with van der Waals surface area (Å²) in [6, 6.07) is 7.46. The van der Waals surface area contributed by atoms with Crippen molar-refractivity contribution in [3.63, 3.8) is 0 Å². The van der Waals surface area contributed by atoms with Gasteiger partial charge < -0.3 is 14.4 Å². The van der Waals surface area contributed by atoms with E-state index in [0.29, 0.717) is 24.7 Å². The van der Waals surface area contributed by atoms with Crippen LogP contribution in [0.4, 0.5) is 0 Å². The van der Waals surface area contributed by atoms with Crippen molar-refractivity contribution in [3.05, 3.63) is 29.3 Å². The van der Waals surface area contributed by atoms with E-state index in [1.165, 1.54) is 0 Å². The smallest absolute Gasteiger partial charge is 0.264 e. The van der Waals surface area contributed by atoms with E-state index in [1.54, 1.807) is 23.1 Å². The number of hydrogen-bond donors (Lipinski definition) is 0. The lowest BCUT2D eigenvalue weighted by molar-refractivity contribution is -0.127. The summed E-state index contributed by atoms with van der Waals surface area (Å²) in [5.41, 5.74) is 0.935. The minimum atomic E-state index is -0.183. The van der Waals surface area contributed by atoms with Crippen LogP contribution in [0.1, 0.15) is 24.8 Å². The molecule has 22 heavy (non-hydrogen) atoms. The first-order valence-electron chi connectivity index (χ1n) is 7.58. The summed E-state index contributed by atoms with van der Waals surface area (Å²) in [4.78, 5) is 14.2. The number of nitriles is 1. The van der Waals surface area contributed by atoms with Gasteiger partial charge in [-0.2, -0.15) is 5.26 Å². The lowest BCUT2D eigenvalue weighted by atomic mass is 10.1. The van der Waals surface area contributed by atoms with Crippen molar-refractivity contribution in [1.29, 1.82) is 5.26 Å². The molecular weight excluding hydrogens is 280 g/mol. The van der Waals surface area contributed by atoms with Crippen LogP contribution in [0.3, 0.4) is 0 Å². The molecule has 2 aliphatic heterocycles. The molecule has 3 rings (SSSR count). The minimum absolute atomic E-state index is 0.165. The fraction of sp³-hybridized carbons (Fsp3) is 0.412. The average Bonchev–Trinajstić information content (AvgIpc) is 2.59. The fourth-order valence-corrected chi connectivity index (χ4v) is 2.73. The number of carbonyl (C=O) groups is 1. The number of likely N-dealkylation sites (tertiary alicyclic amines) is 1. The number of benzene rings is 1. The SMILES string of the molecule is N#C/C(=C\c1ccc2c(c1)OCCO2)C(=O)N1CCCCC1. The topological polar surface area (TPSA) is 62.6 Å². The molecule has 0 aliphatic carbocycles. The first-order valence-corrected chi connectivity index (χ1v) is 7.58. The number of nitrogens with zero attached hydrogens (tertiary/aromatic N) is 2. The maximum atomic E-state index is 12.4. The second-order valence-electron chi connectivity index (χ2n) is 5.43. The van der Waals surface area contributed by atoms with Gasteiger partial charge in [0.25, 0.3) is 5.91 Å². The summed E-state index contributed by atoms with van der Waals surface area (Å²) >= 11 is 0. The van der Waals surface area contributed by atoms with Crippen molar-refractivity contribution < 1.29 is 14.3 Å². The Labute approximate surface area is 129 Å². The molecule has 0 aromatic heterocycles. The molecule has 0 N–H and O–H groups in total. The molecule has 114 valence electrons. The molecule has 0 unspecified atom stereocenters. The third-order valence-electron chi connectivity index (χ3n) is 3.87. The molecule has 0 spiro atoms. The summed E-state index contributed by atoms with van der Waals surface area (Å²) < 4.78 is 11.0. The molecule has 1 saturated heterocycles. The molecular formula is C17H18N2O3. The quantitative estimate of drug-likeness (QED) is 0.621. The van der Waals surface area contributed by atoms with Crippen molar-refractivity contribution in [3.8, 4) is 17.6 Å². The predicted octanol–water partition coefficient (Wildman–Crippen LogP) is 2.38. The Bertz CT molecular complexity index is 640. The summed E-state index contributed by atoms with van der Waals surface area (Å²) in [5, 5.41) is 9.31. The largest absolute Gasteiger partial charge is 0.486 e. The van der Waals surface area contributed by atoms with Gasteiger partial charge in [-0.3, -0.25) is 4.79 Å². The van der Waals surface area contributed by atoms with Crippen LogP contribution in [0.2, 0.25) is 0 Å². The van der Waals surface area contributed by atoms with E-state index in [9.17, 15) is 10.1 Å². The lowest BCUT2D eigenvalue weighted by Crippen LogP contribution is -2.36. The fourth-order valence-electron chi connectivity index (χ4n) is 2.73. The molecule has 5 heteroatoms. The van der Waals surface area contributed by atoms with Crippen LogP contribution in [-0.2, 0) is 4.79 Å². The van der Waals surface area contributed by atoms with Gasteiger partial charge >= 0.3 is 0 Å². The number of rotatable bonds is 2. The highest BCUT2D eigenvalue weighted by Gasteiger charge is 2.20. The average molecular weight is 298 g/mol. The van der Waals surface area contributed by atoms with Gasteiger partial charge in [0.15, 0.2) is 11.5 Å². The van der Waals surface area contributed by atoms with Gasteiger partial charge in [-0.15, -0.1) is 0 Å². The monoisotopic (exact) mass is 298 g/mol. The number of piperidine rings is 1. The number of carbonyl (C=O) groups excluding carboxylic acids is 1. The number of fused-ring (bicyclic) bond motifs is 1. The van der Waals surface area contributed by atoms with E-state index < -0.39 is 0 Å². The van der Waals surface area contributed by atoms with E-state index in [1.807, 2.05) is 12.1 Å². The van der Waals surface area contributed by atoms with E-state index in [4.69, 9.17) is 9.47 Å². The van der Waals surface area contributed by atoms with E-state index in [0.717, 1.165) is 37.9 Å². The van der Waals surface area contributed by atoms with Crippen LogP contribution in [-0.4, -0.2) is 37.1 Å². The van der Waals surface area contributed by atoms with Crippen LogP contribution in [0.5, 0.6) is 11.5 Å². The van der Waals surface area contributed by atoms with Gasteiger partial charge in [0.1, 0.15) is 24.9 Å². The molecule has 0 atom stereocenters. The zero-order valence-electron chi connectivity index (χ0n) is 12.4. The van der Waals surface area contributed by atoms with Gasteiger partial charge in [0.05, 0.1) is 0 Å². The van der Waals surface area contributed by atoms with Crippen molar-refractivity contribution in [2.75, 3.05) is 26.3 Å². The third kappa shape index (κ3) is 3.06. The van der Waals surface area contributed by atoms with Crippen molar-refractivity contribution in [1.82, 2.24) is 4.90 Å². The second kappa shape index (κ2) is 6.52. The van der Waals surface area contributed by atoms with Crippen LogP contribution < -0.4 is 9.47 Å². The standard InChI is InChI=1S/C17H18N2O3/c18-12-14(17(20)19-6-2-1-3-7-19)10-13-4-5-15-16(11-13)22-9-8-21-15/h4-5,10-11H,1-3,6-9H2/b14-10+. The molecule has 0 radical (unpaired) electrons. The Kier molecular flexibility index (Phi) is 4.29. The normalized spacial score (nSPS) is 17.8. The summed E-state index contributed by atoms with van der Waals surface area (Å²) in [7, 11) is 0. The van der Waals surface area contributed by atoms with E-state index >= 15 is 0 Å². The molecule has 2 heterocycles. The van der Waals surface area contributed by atoms with Gasteiger partial charge in [-0.1, -0.05) is 6.07 Å². The molecule has 0 bridgehead atoms. The van der Waals surface area contributed by atoms with Crippen LogP contribution in [0.15, 0.2) is 23.8 Å². The Balaban J connectivity index is 1.82. The molecule has 1 aromatic rings. The highest BCUT2D eigenvalue weighted by atomic mass is 16.6. The molecule has 1 amide bonds. The molecule has 5 nitrogen and oxygen atoms in total. The lowest BCUT2D eigenvalue weighted by Gasteiger charge is -2.26. The zero-order valence-corrected chi connectivity index (χ0v) is 12.4. The number of amides is 1. The molecule has 2 aliphatic rings. The van der Waals surface area contributed by atoms with Crippen molar-refractivity contribution in [2.45, 2.75) is 19.3 Å². The second-order valence-corrected chi connectivity index (χ2v) is 5.43. The van der Waals surface area contributed by atoms with Crippen LogP contribution in [0.25, 0.3) is 6.08 Å². The van der Waals surface area contributed by atoms with Crippen LogP contribution >= 0.6 is 0 Å². The van der Waals surface area contributed by atoms with Crippen LogP contribution in [0, 0.1) is 11.3 Å². The Morgan fingerprint density at radius 1 is 1.14 bits per heavy atom. The number of ether oxygens (including phenoxy) is 2. The van der Waals surface area contributed by atoms with E-state index in [-0.39, 0.29) is 11.5 Å². The highest BCUT2D eigenvalue weighted by molar-refractivity contribution is 6.01. The first-order chi connectivity index (χ1) is 10.8. The zero-order chi connectivity index (χ0) is 15.4. The Morgan fingerprint density at radius 3 is 2.59 bits per heavy atom. The molecule has 1 fully saturated rings. The third-order valence-corrected chi connectivity index (χ3v) is 3.87. The highest BCUT2D eigenvalue weighted by Crippen LogP contribution is 2.31. The van der Waals surface area contributed by atoms with Crippen molar-refractivity contribution >= 4 is 12.0 Å². The Hall–Kier alpha value is -2.48. The van der Waals surface area contributed by atoms with Gasteiger partial charge in [0, 0.05) is 13.1 Å². The predicted molar refractivity (Wildman–Crippen MR) is 81.5 cm³/mol.